The maximum absolute atomic E-state index is 5.14. The van der Waals surface area contributed by atoms with Gasteiger partial charge in [0.2, 0.25) is 0 Å². The summed E-state index contributed by atoms with van der Waals surface area (Å²) in [6.07, 6.45) is 3.50. The van der Waals surface area contributed by atoms with Crippen LogP contribution in [0.4, 0.5) is 0 Å². The zero-order valence-corrected chi connectivity index (χ0v) is 15.3. The van der Waals surface area contributed by atoms with Gasteiger partial charge >= 0.3 is 0 Å². The molecule has 2 aromatic rings. The Morgan fingerprint density at radius 2 is 2.05 bits per heavy atom. The van der Waals surface area contributed by atoms with Gasteiger partial charge in [0.25, 0.3) is 0 Å². The number of benzene rings is 1. The Morgan fingerprint density at radius 1 is 1.27 bits per heavy atom. The molecule has 1 aromatic carbocycles. The third kappa shape index (κ3) is 3.63. The second kappa shape index (κ2) is 7.67. The van der Waals surface area contributed by atoms with Crippen molar-refractivity contribution in [2.45, 2.75) is 19.5 Å². The number of aliphatic imine (C=N–C) groups is 1. The van der Waals surface area contributed by atoms with Crippen molar-refractivity contribution in [2.75, 3.05) is 20.1 Å². The van der Waals surface area contributed by atoms with Crippen LogP contribution in [0, 0.1) is 0 Å². The van der Waals surface area contributed by atoms with Crippen LogP contribution in [0.1, 0.15) is 24.1 Å². The van der Waals surface area contributed by atoms with Gasteiger partial charge in [-0.1, -0.05) is 30.3 Å². The predicted molar refractivity (Wildman–Crippen MR) is 99.5 cm³/mol. The highest BCUT2D eigenvalue weighted by atomic mass is 127. The van der Waals surface area contributed by atoms with Crippen molar-refractivity contribution in [3.8, 4) is 0 Å². The standard InChI is InChI=1S/C17H21N3O.HI/c1-3-20-12-16(15-7-5-4-6-8-15)18-17(20)19(2)11-14-9-10-21-13-14;/h4-10,13,16H,3,11-12H2,1-2H3;1H. The van der Waals surface area contributed by atoms with Crippen molar-refractivity contribution in [1.29, 1.82) is 0 Å². The van der Waals surface area contributed by atoms with Crippen LogP contribution in [-0.4, -0.2) is 35.9 Å². The van der Waals surface area contributed by atoms with E-state index in [0.29, 0.717) is 0 Å². The Hall–Kier alpha value is -1.50. The first kappa shape index (κ1) is 16.9. The lowest BCUT2D eigenvalue weighted by atomic mass is 10.1. The van der Waals surface area contributed by atoms with Crippen LogP contribution in [0.3, 0.4) is 0 Å². The van der Waals surface area contributed by atoms with Crippen LogP contribution in [0.5, 0.6) is 0 Å². The fraction of sp³-hybridized carbons (Fsp3) is 0.353. The number of nitrogens with zero attached hydrogens (tertiary/aromatic N) is 3. The molecule has 4 nitrogen and oxygen atoms in total. The number of furan rings is 1. The predicted octanol–water partition coefficient (Wildman–Crippen LogP) is 3.76. The summed E-state index contributed by atoms with van der Waals surface area (Å²) in [6.45, 7) is 4.91. The summed E-state index contributed by atoms with van der Waals surface area (Å²) < 4.78 is 5.14. The lowest BCUT2D eigenvalue weighted by Gasteiger charge is -2.26. The van der Waals surface area contributed by atoms with Crippen molar-refractivity contribution >= 4 is 29.9 Å². The summed E-state index contributed by atoms with van der Waals surface area (Å²) in [5.74, 6) is 1.06. The highest BCUT2D eigenvalue weighted by molar-refractivity contribution is 14.0. The van der Waals surface area contributed by atoms with E-state index in [4.69, 9.17) is 9.41 Å². The molecule has 0 N–H and O–H groups in total. The Labute approximate surface area is 148 Å². The molecule has 1 unspecified atom stereocenters. The van der Waals surface area contributed by atoms with Gasteiger partial charge in [-0.3, -0.25) is 0 Å². The molecule has 0 saturated carbocycles. The van der Waals surface area contributed by atoms with E-state index < -0.39 is 0 Å². The Balaban J connectivity index is 0.00000176. The SMILES string of the molecule is CCN1CC(c2ccccc2)N=C1N(C)Cc1ccoc1.I. The first-order chi connectivity index (χ1) is 10.3. The third-order valence-corrected chi connectivity index (χ3v) is 3.85. The van der Waals surface area contributed by atoms with Gasteiger partial charge in [-0.2, -0.15) is 0 Å². The maximum Gasteiger partial charge on any atom is 0.197 e. The third-order valence-electron chi connectivity index (χ3n) is 3.85. The average Bonchev–Trinajstić information content (AvgIpc) is 3.17. The fourth-order valence-electron chi connectivity index (χ4n) is 2.75. The van der Waals surface area contributed by atoms with Crippen molar-refractivity contribution in [2.24, 2.45) is 4.99 Å². The van der Waals surface area contributed by atoms with E-state index in [0.717, 1.165) is 25.6 Å². The number of likely N-dealkylation sites (N-methyl/N-ethyl adjacent to an activating group) is 1. The van der Waals surface area contributed by atoms with Gasteiger partial charge in [0.15, 0.2) is 5.96 Å². The molecule has 2 heterocycles. The zero-order chi connectivity index (χ0) is 14.7. The Bertz CT molecular complexity index is 598. The molecule has 0 fully saturated rings. The van der Waals surface area contributed by atoms with Gasteiger partial charge in [-0.25, -0.2) is 4.99 Å². The first-order valence-corrected chi connectivity index (χ1v) is 7.38. The van der Waals surface area contributed by atoms with E-state index in [9.17, 15) is 0 Å². The molecular weight excluding hydrogens is 389 g/mol. The molecule has 3 rings (SSSR count). The summed E-state index contributed by atoms with van der Waals surface area (Å²) in [5.41, 5.74) is 2.45. The van der Waals surface area contributed by atoms with Crippen molar-refractivity contribution < 1.29 is 4.42 Å². The molecule has 0 amide bonds. The summed E-state index contributed by atoms with van der Waals surface area (Å²) in [5, 5.41) is 0. The smallest absolute Gasteiger partial charge is 0.197 e. The summed E-state index contributed by atoms with van der Waals surface area (Å²) >= 11 is 0. The number of hydrogen-bond acceptors (Lipinski definition) is 4. The minimum Gasteiger partial charge on any atom is -0.472 e. The second-order valence-electron chi connectivity index (χ2n) is 5.38. The molecule has 0 saturated heterocycles. The van der Waals surface area contributed by atoms with Crippen LogP contribution in [0.15, 0.2) is 58.3 Å². The van der Waals surface area contributed by atoms with Crippen LogP contribution in [0.25, 0.3) is 0 Å². The summed E-state index contributed by atoms with van der Waals surface area (Å²) in [4.78, 5) is 9.45. The maximum atomic E-state index is 5.14. The fourth-order valence-corrected chi connectivity index (χ4v) is 2.75. The lowest BCUT2D eigenvalue weighted by Crippen LogP contribution is -2.39. The minimum absolute atomic E-state index is 0. The molecule has 0 radical (unpaired) electrons. The number of hydrogen-bond donors (Lipinski definition) is 0. The average molecular weight is 411 g/mol. The molecule has 1 aliphatic heterocycles. The van der Waals surface area contributed by atoms with Crippen LogP contribution in [-0.2, 0) is 6.54 Å². The van der Waals surface area contributed by atoms with E-state index in [1.807, 2.05) is 12.1 Å². The summed E-state index contributed by atoms with van der Waals surface area (Å²) in [7, 11) is 2.09. The molecule has 1 atom stereocenters. The first-order valence-electron chi connectivity index (χ1n) is 7.38. The quantitative estimate of drug-likeness (QED) is 0.719. The van der Waals surface area contributed by atoms with Gasteiger partial charge in [0, 0.05) is 32.2 Å². The lowest BCUT2D eigenvalue weighted by molar-refractivity contribution is 0.372. The second-order valence-corrected chi connectivity index (χ2v) is 5.38. The van der Waals surface area contributed by atoms with Gasteiger partial charge in [-0.05, 0) is 18.6 Å². The van der Waals surface area contributed by atoms with Crippen molar-refractivity contribution in [3.63, 3.8) is 0 Å². The zero-order valence-electron chi connectivity index (χ0n) is 13.0. The highest BCUT2D eigenvalue weighted by Gasteiger charge is 2.27. The van der Waals surface area contributed by atoms with Crippen LogP contribution >= 0.6 is 24.0 Å². The largest absolute Gasteiger partial charge is 0.472 e. The molecule has 5 heteroatoms. The molecule has 0 aliphatic carbocycles. The number of rotatable bonds is 4. The molecule has 118 valence electrons. The number of halogens is 1. The van der Waals surface area contributed by atoms with E-state index in [2.05, 4.69) is 48.0 Å². The molecule has 0 spiro atoms. The van der Waals surface area contributed by atoms with Crippen LogP contribution in [0.2, 0.25) is 0 Å². The highest BCUT2D eigenvalue weighted by Crippen LogP contribution is 2.25. The Kier molecular flexibility index (Phi) is 5.88. The molecule has 0 bridgehead atoms. The molecular formula is C17H22IN3O. The minimum atomic E-state index is 0. The normalized spacial score (nSPS) is 17.1. The monoisotopic (exact) mass is 411 g/mol. The number of guanidine groups is 1. The van der Waals surface area contributed by atoms with Gasteiger partial charge < -0.3 is 14.2 Å². The van der Waals surface area contributed by atoms with Crippen molar-refractivity contribution in [3.05, 3.63) is 60.1 Å². The topological polar surface area (TPSA) is 32.0 Å². The van der Waals surface area contributed by atoms with Crippen LogP contribution < -0.4 is 0 Å². The van der Waals surface area contributed by atoms with E-state index in [1.165, 1.54) is 11.1 Å². The van der Waals surface area contributed by atoms with E-state index >= 15 is 0 Å². The molecule has 1 aromatic heterocycles. The Morgan fingerprint density at radius 3 is 2.68 bits per heavy atom. The molecule has 22 heavy (non-hydrogen) atoms. The summed E-state index contributed by atoms with van der Waals surface area (Å²) in [6, 6.07) is 12.7. The van der Waals surface area contributed by atoms with Gasteiger partial charge in [-0.15, -0.1) is 24.0 Å². The van der Waals surface area contributed by atoms with Crippen molar-refractivity contribution in [1.82, 2.24) is 9.80 Å². The van der Waals surface area contributed by atoms with Gasteiger partial charge in [0.1, 0.15) is 0 Å². The molecule has 1 aliphatic rings. The van der Waals surface area contributed by atoms with E-state index in [1.54, 1.807) is 12.5 Å². The van der Waals surface area contributed by atoms with Gasteiger partial charge in [0.05, 0.1) is 18.6 Å². The van der Waals surface area contributed by atoms with E-state index in [-0.39, 0.29) is 30.0 Å².